The van der Waals surface area contributed by atoms with E-state index in [1.165, 1.54) is 25.7 Å². The summed E-state index contributed by atoms with van der Waals surface area (Å²) < 4.78 is 7.26. The van der Waals surface area contributed by atoms with Crippen molar-refractivity contribution in [3.05, 3.63) is 36.5 Å². The molecule has 1 saturated carbocycles. The van der Waals surface area contributed by atoms with Crippen LogP contribution in [-0.2, 0) is 13.5 Å². The van der Waals surface area contributed by atoms with Crippen LogP contribution in [0.15, 0.2) is 35.2 Å². The molecule has 0 unspecified atom stereocenters. The molecule has 3 aromatic rings. The lowest BCUT2D eigenvalue weighted by Crippen LogP contribution is -2.00. The molecule has 1 fully saturated rings. The van der Waals surface area contributed by atoms with Gasteiger partial charge in [0.05, 0.1) is 5.56 Å². The molecule has 3 aromatic heterocycles. The molecule has 0 N–H and O–H groups in total. The number of nitrogens with zero attached hydrogens (tertiary/aromatic N) is 5. The largest absolute Gasteiger partial charge is 0.334 e. The Hall–Kier alpha value is -2.50. The molecular weight excluding hydrogens is 290 g/mol. The van der Waals surface area contributed by atoms with Crippen molar-refractivity contribution in [1.29, 1.82) is 0 Å². The second-order valence-electron chi connectivity index (χ2n) is 6.18. The van der Waals surface area contributed by atoms with Crippen molar-refractivity contribution in [3.63, 3.8) is 0 Å². The molecule has 0 radical (unpaired) electrons. The Morgan fingerprint density at radius 1 is 1.30 bits per heavy atom. The molecule has 1 aliphatic rings. The topological polar surface area (TPSA) is 69.6 Å². The van der Waals surface area contributed by atoms with E-state index >= 15 is 0 Å². The van der Waals surface area contributed by atoms with Gasteiger partial charge in [-0.1, -0.05) is 30.8 Å². The van der Waals surface area contributed by atoms with Crippen molar-refractivity contribution in [2.24, 2.45) is 13.0 Å². The summed E-state index contributed by atoms with van der Waals surface area (Å²) in [4.78, 5) is 8.75. The zero-order valence-corrected chi connectivity index (χ0v) is 13.1. The van der Waals surface area contributed by atoms with Crippen LogP contribution in [-0.4, -0.2) is 24.9 Å². The third-order valence-electron chi connectivity index (χ3n) is 4.41. The number of pyridine rings is 1. The lowest BCUT2D eigenvalue weighted by atomic mass is 10.0. The monoisotopic (exact) mass is 309 g/mol. The Kier molecular flexibility index (Phi) is 3.65. The van der Waals surface area contributed by atoms with Gasteiger partial charge in [-0.2, -0.15) is 10.1 Å². The Morgan fingerprint density at radius 2 is 2.17 bits per heavy atom. The maximum absolute atomic E-state index is 5.50. The molecule has 0 bridgehead atoms. The lowest BCUT2D eigenvalue weighted by molar-refractivity contribution is 0.413. The first-order valence-electron chi connectivity index (χ1n) is 8.06. The van der Waals surface area contributed by atoms with E-state index in [0.717, 1.165) is 29.1 Å². The Labute approximate surface area is 134 Å². The van der Waals surface area contributed by atoms with Crippen LogP contribution in [0.1, 0.15) is 31.5 Å². The van der Waals surface area contributed by atoms with Crippen LogP contribution in [0.25, 0.3) is 22.7 Å². The first-order valence-corrected chi connectivity index (χ1v) is 8.06. The van der Waals surface area contributed by atoms with Gasteiger partial charge in [0.1, 0.15) is 5.69 Å². The SMILES string of the molecule is Cn1cc(-c2nc(CC3CCCC3)no2)c(-c2cccnc2)n1. The third-order valence-corrected chi connectivity index (χ3v) is 4.41. The maximum atomic E-state index is 5.50. The summed E-state index contributed by atoms with van der Waals surface area (Å²) >= 11 is 0. The number of hydrogen-bond acceptors (Lipinski definition) is 5. The van der Waals surface area contributed by atoms with Crippen LogP contribution in [0.3, 0.4) is 0 Å². The summed E-state index contributed by atoms with van der Waals surface area (Å²) in [7, 11) is 1.89. The zero-order valence-electron chi connectivity index (χ0n) is 13.1. The van der Waals surface area contributed by atoms with Crippen molar-refractivity contribution >= 4 is 0 Å². The molecule has 0 atom stereocenters. The lowest BCUT2D eigenvalue weighted by Gasteiger charge is -2.02. The maximum Gasteiger partial charge on any atom is 0.261 e. The average Bonchev–Trinajstić information content (AvgIpc) is 3.29. The van der Waals surface area contributed by atoms with Crippen LogP contribution in [0.2, 0.25) is 0 Å². The smallest absolute Gasteiger partial charge is 0.261 e. The molecule has 0 aromatic carbocycles. The van der Waals surface area contributed by atoms with Gasteiger partial charge in [-0.3, -0.25) is 9.67 Å². The Balaban J connectivity index is 1.64. The fourth-order valence-corrected chi connectivity index (χ4v) is 3.28. The van der Waals surface area contributed by atoms with Crippen molar-refractivity contribution < 1.29 is 4.52 Å². The molecule has 6 heteroatoms. The molecule has 23 heavy (non-hydrogen) atoms. The minimum atomic E-state index is 0.532. The van der Waals surface area contributed by atoms with Gasteiger partial charge in [0.25, 0.3) is 5.89 Å². The minimum Gasteiger partial charge on any atom is -0.334 e. The van der Waals surface area contributed by atoms with Gasteiger partial charge >= 0.3 is 0 Å². The van der Waals surface area contributed by atoms with Gasteiger partial charge in [0.2, 0.25) is 0 Å². The second kappa shape index (κ2) is 5.95. The van der Waals surface area contributed by atoms with E-state index in [-0.39, 0.29) is 0 Å². The van der Waals surface area contributed by atoms with E-state index < -0.39 is 0 Å². The van der Waals surface area contributed by atoms with E-state index in [9.17, 15) is 0 Å². The van der Waals surface area contributed by atoms with E-state index in [1.54, 1.807) is 17.1 Å². The van der Waals surface area contributed by atoms with E-state index in [2.05, 4.69) is 20.2 Å². The highest BCUT2D eigenvalue weighted by Crippen LogP contribution is 2.31. The zero-order chi connectivity index (χ0) is 15.6. The molecule has 0 saturated heterocycles. The van der Waals surface area contributed by atoms with Gasteiger partial charge in [-0.05, 0) is 18.1 Å². The summed E-state index contributed by atoms with van der Waals surface area (Å²) in [6.07, 6.45) is 11.6. The number of aryl methyl sites for hydroxylation is 1. The fraction of sp³-hybridized carbons (Fsp3) is 0.412. The fourth-order valence-electron chi connectivity index (χ4n) is 3.28. The van der Waals surface area contributed by atoms with Crippen molar-refractivity contribution in [1.82, 2.24) is 24.9 Å². The highest BCUT2D eigenvalue weighted by Gasteiger charge is 2.21. The molecule has 0 spiro atoms. The van der Waals surface area contributed by atoms with Crippen molar-refractivity contribution in [2.75, 3.05) is 0 Å². The molecule has 3 heterocycles. The predicted molar refractivity (Wildman–Crippen MR) is 85.4 cm³/mol. The van der Waals surface area contributed by atoms with Gasteiger partial charge in [-0.15, -0.1) is 0 Å². The predicted octanol–water partition coefficient (Wildman–Crippen LogP) is 3.26. The van der Waals surface area contributed by atoms with Gasteiger partial charge < -0.3 is 4.52 Å². The molecule has 4 rings (SSSR count). The first kappa shape index (κ1) is 14.1. The summed E-state index contributed by atoms with van der Waals surface area (Å²) in [5.74, 6) is 2.03. The Bertz CT molecular complexity index is 786. The molecule has 0 aliphatic heterocycles. The van der Waals surface area contributed by atoms with E-state index in [4.69, 9.17) is 4.52 Å². The molecule has 118 valence electrons. The normalized spacial score (nSPS) is 15.3. The number of rotatable bonds is 4. The highest BCUT2D eigenvalue weighted by molar-refractivity contribution is 5.75. The molecular formula is C17H19N5O. The van der Waals surface area contributed by atoms with Crippen LogP contribution < -0.4 is 0 Å². The minimum absolute atomic E-state index is 0.532. The summed E-state index contributed by atoms with van der Waals surface area (Å²) in [6.45, 7) is 0. The van der Waals surface area contributed by atoms with Crippen LogP contribution in [0, 0.1) is 5.92 Å². The summed E-state index contributed by atoms with van der Waals surface area (Å²) in [5.41, 5.74) is 2.61. The number of aromatic nitrogens is 5. The van der Waals surface area contributed by atoms with Crippen LogP contribution in [0.4, 0.5) is 0 Å². The van der Waals surface area contributed by atoms with Crippen LogP contribution in [0.5, 0.6) is 0 Å². The highest BCUT2D eigenvalue weighted by atomic mass is 16.5. The van der Waals surface area contributed by atoms with E-state index in [0.29, 0.717) is 11.8 Å². The first-order chi connectivity index (χ1) is 11.3. The molecule has 6 nitrogen and oxygen atoms in total. The quantitative estimate of drug-likeness (QED) is 0.740. The summed E-state index contributed by atoms with van der Waals surface area (Å²) in [5, 5.41) is 8.68. The average molecular weight is 309 g/mol. The van der Waals surface area contributed by atoms with E-state index in [1.807, 2.05) is 25.4 Å². The molecule has 0 amide bonds. The van der Waals surface area contributed by atoms with Crippen LogP contribution >= 0.6 is 0 Å². The Morgan fingerprint density at radius 3 is 2.96 bits per heavy atom. The standard InChI is InChI=1S/C17H19N5O/c1-22-11-14(16(20-22)13-7-4-8-18-10-13)17-19-15(21-23-17)9-12-5-2-3-6-12/h4,7-8,10-12H,2-3,5-6,9H2,1H3. The summed E-state index contributed by atoms with van der Waals surface area (Å²) in [6, 6.07) is 3.88. The number of hydrogen-bond donors (Lipinski definition) is 0. The molecule has 1 aliphatic carbocycles. The third kappa shape index (κ3) is 2.88. The second-order valence-corrected chi connectivity index (χ2v) is 6.18. The van der Waals surface area contributed by atoms with Gasteiger partial charge in [0.15, 0.2) is 5.82 Å². The van der Waals surface area contributed by atoms with Gasteiger partial charge in [-0.25, -0.2) is 0 Å². The van der Waals surface area contributed by atoms with Crippen molar-refractivity contribution in [3.8, 4) is 22.7 Å². The van der Waals surface area contributed by atoms with Gasteiger partial charge in [0, 0.05) is 37.6 Å². The van der Waals surface area contributed by atoms with Crippen molar-refractivity contribution in [2.45, 2.75) is 32.1 Å².